The van der Waals surface area contributed by atoms with Crippen LogP contribution in [0.2, 0.25) is 0 Å². The van der Waals surface area contributed by atoms with Gasteiger partial charge in [-0.15, -0.1) is 0 Å². The van der Waals surface area contributed by atoms with Gasteiger partial charge < -0.3 is 10.5 Å². The van der Waals surface area contributed by atoms with Gasteiger partial charge in [0.15, 0.2) is 0 Å². The van der Waals surface area contributed by atoms with Crippen LogP contribution in [0.5, 0.6) is 5.75 Å². The second-order valence-electron chi connectivity index (χ2n) is 5.03. The van der Waals surface area contributed by atoms with Crippen molar-refractivity contribution in [3.8, 4) is 5.75 Å². The molecule has 1 atom stereocenters. The number of benzene rings is 2. The molecule has 0 aliphatic heterocycles. The lowest BCUT2D eigenvalue weighted by atomic mass is 9.99. The van der Waals surface area contributed by atoms with Crippen molar-refractivity contribution in [1.29, 1.82) is 0 Å². The zero-order valence-corrected chi connectivity index (χ0v) is 12.4. The number of halogens is 2. The van der Waals surface area contributed by atoms with Gasteiger partial charge in [0.25, 0.3) is 0 Å². The third-order valence-electron chi connectivity index (χ3n) is 3.34. The molecule has 1 aliphatic rings. The van der Waals surface area contributed by atoms with Crippen LogP contribution in [0, 0.1) is 5.82 Å². The number of hydrogen-bond acceptors (Lipinski definition) is 2. The Morgan fingerprint density at radius 3 is 2.70 bits per heavy atom. The number of nitrogens with two attached hydrogens (primary N) is 1. The molecule has 2 aromatic rings. The van der Waals surface area contributed by atoms with Gasteiger partial charge in [-0.25, -0.2) is 4.39 Å². The van der Waals surface area contributed by atoms with Gasteiger partial charge in [-0.1, -0.05) is 34.1 Å². The van der Waals surface area contributed by atoms with Crippen LogP contribution in [0.1, 0.15) is 30.0 Å². The van der Waals surface area contributed by atoms with Crippen molar-refractivity contribution in [1.82, 2.24) is 0 Å². The maximum atomic E-state index is 14.0. The first-order valence-corrected chi connectivity index (χ1v) is 7.40. The molecule has 3 rings (SSSR count). The van der Waals surface area contributed by atoms with Crippen LogP contribution >= 0.6 is 15.9 Å². The third kappa shape index (κ3) is 3.02. The van der Waals surface area contributed by atoms with E-state index in [1.54, 1.807) is 12.1 Å². The summed E-state index contributed by atoms with van der Waals surface area (Å²) in [6.07, 6.45) is 2.56. The van der Waals surface area contributed by atoms with Gasteiger partial charge >= 0.3 is 0 Å². The molecular formula is C16H15BrFNO. The first-order valence-electron chi connectivity index (χ1n) is 6.60. The highest BCUT2D eigenvalue weighted by atomic mass is 79.9. The van der Waals surface area contributed by atoms with Crippen molar-refractivity contribution in [2.24, 2.45) is 5.73 Å². The lowest BCUT2D eigenvalue weighted by Crippen LogP contribution is -2.13. The summed E-state index contributed by atoms with van der Waals surface area (Å²) >= 11 is 3.25. The topological polar surface area (TPSA) is 35.2 Å². The van der Waals surface area contributed by atoms with Crippen molar-refractivity contribution in [2.45, 2.75) is 25.0 Å². The lowest BCUT2D eigenvalue weighted by molar-refractivity contribution is 0.303. The second kappa shape index (κ2) is 5.54. The highest BCUT2D eigenvalue weighted by Crippen LogP contribution is 2.30. The van der Waals surface area contributed by atoms with Crippen LogP contribution in [-0.2, 0) is 0 Å². The van der Waals surface area contributed by atoms with Gasteiger partial charge in [0.1, 0.15) is 11.6 Å². The smallest absolute Gasteiger partial charge is 0.129 e. The summed E-state index contributed by atoms with van der Waals surface area (Å²) in [5.41, 5.74) is 7.51. The Bertz CT molecular complexity index is 628. The monoisotopic (exact) mass is 335 g/mol. The molecule has 1 fully saturated rings. The van der Waals surface area contributed by atoms with E-state index in [2.05, 4.69) is 15.9 Å². The molecule has 0 saturated heterocycles. The van der Waals surface area contributed by atoms with Crippen molar-refractivity contribution in [3.63, 3.8) is 0 Å². The standard InChI is InChI=1S/C16H15BrFNO/c17-11-4-7-14(15(18)9-11)16(19)10-2-1-3-13(8-10)20-12-5-6-12/h1-4,7-9,12,16H,5-6,19H2. The van der Waals surface area contributed by atoms with Gasteiger partial charge in [0.2, 0.25) is 0 Å². The van der Waals surface area contributed by atoms with Gasteiger partial charge in [0, 0.05) is 10.0 Å². The molecule has 104 valence electrons. The summed E-state index contributed by atoms with van der Waals surface area (Å²) in [5.74, 6) is 0.498. The minimum Gasteiger partial charge on any atom is -0.490 e. The maximum Gasteiger partial charge on any atom is 0.129 e. The quantitative estimate of drug-likeness (QED) is 0.909. The van der Waals surface area contributed by atoms with E-state index >= 15 is 0 Å². The molecule has 2 aromatic carbocycles. The fourth-order valence-electron chi connectivity index (χ4n) is 2.09. The number of ether oxygens (including phenoxy) is 1. The molecule has 0 heterocycles. The minimum absolute atomic E-state index is 0.305. The highest BCUT2D eigenvalue weighted by Gasteiger charge is 2.23. The summed E-state index contributed by atoms with van der Waals surface area (Å²) in [4.78, 5) is 0. The van der Waals surface area contributed by atoms with Crippen LogP contribution in [-0.4, -0.2) is 6.10 Å². The summed E-state index contributed by atoms with van der Waals surface area (Å²) in [6, 6.07) is 12.0. The summed E-state index contributed by atoms with van der Waals surface area (Å²) in [7, 11) is 0. The van der Waals surface area contributed by atoms with E-state index in [1.165, 1.54) is 6.07 Å². The number of hydrogen-bond donors (Lipinski definition) is 1. The predicted molar refractivity (Wildman–Crippen MR) is 80.2 cm³/mol. The lowest BCUT2D eigenvalue weighted by Gasteiger charge is -2.15. The van der Waals surface area contributed by atoms with Crippen LogP contribution in [0.3, 0.4) is 0 Å². The average molecular weight is 336 g/mol. The molecule has 2 nitrogen and oxygen atoms in total. The van der Waals surface area contributed by atoms with E-state index in [4.69, 9.17) is 10.5 Å². The minimum atomic E-state index is -0.495. The van der Waals surface area contributed by atoms with Crippen molar-refractivity contribution < 1.29 is 9.13 Å². The van der Waals surface area contributed by atoms with Gasteiger partial charge in [0.05, 0.1) is 12.1 Å². The number of rotatable bonds is 4. The Morgan fingerprint density at radius 1 is 1.20 bits per heavy atom. The SMILES string of the molecule is NC(c1cccc(OC2CC2)c1)c1ccc(Br)cc1F. The van der Waals surface area contributed by atoms with E-state index < -0.39 is 6.04 Å². The zero-order valence-electron chi connectivity index (χ0n) is 10.9. The Hall–Kier alpha value is -1.39. The summed E-state index contributed by atoms with van der Waals surface area (Å²) in [6.45, 7) is 0. The van der Waals surface area contributed by atoms with Crippen molar-refractivity contribution in [3.05, 3.63) is 63.9 Å². The molecule has 0 bridgehead atoms. The molecule has 0 aromatic heterocycles. The fraction of sp³-hybridized carbons (Fsp3) is 0.250. The molecule has 1 aliphatic carbocycles. The molecule has 1 saturated carbocycles. The van der Waals surface area contributed by atoms with Crippen LogP contribution in [0.15, 0.2) is 46.9 Å². The fourth-order valence-corrected chi connectivity index (χ4v) is 2.43. The maximum absolute atomic E-state index is 14.0. The summed E-state index contributed by atoms with van der Waals surface area (Å²) in [5, 5.41) is 0. The first-order chi connectivity index (χ1) is 9.63. The molecule has 1 unspecified atom stereocenters. The molecule has 4 heteroatoms. The van der Waals surface area contributed by atoms with Crippen LogP contribution < -0.4 is 10.5 Å². The molecule has 2 N–H and O–H groups in total. The van der Waals surface area contributed by atoms with E-state index in [0.29, 0.717) is 16.1 Å². The molecule has 0 amide bonds. The average Bonchev–Trinajstić information content (AvgIpc) is 3.22. The van der Waals surface area contributed by atoms with E-state index in [9.17, 15) is 4.39 Å². The van der Waals surface area contributed by atoms with Crippen molar-refractivity contribution in [2.75, 3.05) is 0 Å². The van der Waals surface area contributed by atoms with Gasteiger partial charge in [-0.3, -0.25) is 0 Å². The highest BCUT2D eigenvalue weighted by molar-refractivity contribution is 9.10. The Labute approximate surface area is 125 Å². The van der Waals surface area contributed by atoms with E-state index in [0.717, 1.165) is 24.2 Å². The largest absolute Gasteiger partial charge is 0.490 e. The Morgan fingerprint density at radius 2 is 2.00 bits per heavy atom. The Kier molecular flexibility index (Phi) is 3.76. The van der Waals surface area contributed by atoms with Crippen molar-refractivity contribution >= 4 is 15.9 Å². The zero-order chi connectivity index (χ0) is 14.1. The predicted octanol–water partition coefficient (Wildman–Crippen LogP) is 4.18. The Balaban J connectivity index is 1.86. The second-order valence-corrected chi connectivity index (χ2v) is 5.95. The first kappa shape index (κ1) is 13.6. The molecular weight excluding hydrogens is 321 g/mol. The van der Waals surface area contributed by atoms with Gasteiger partial charge in [-0.2, -0.15) is 0 Å². The van der Waals surface area contributed by atoms with Crippen LogP contribution in [0.4, 0.5) is 4.39 Å². The molecule has 0 radical (unpaired) electrons. The van der Waals surface area contributed by atoms with Gasteiger partial charge in [-0.05, 0) is 42.7 Å². The normalized spacial score (nSPS) is 15.9. The summed E-state index contributed by atoms with van der Waals surface area (Å²) < 4.78 is 20.4. The van der Waals surface area contributed by atoms with Crippen LogP contribution in [0.25, 0.3) is 0 Å². The van der Waals surface area contributed by atoms with E-state index in [1.807, 2.05) is 24.3 Å². The van der Waals surface area contributed by atoms with E-state index in [-0.39, 0.29) is 5.82 Å². The third-order valence-corrected chi connectivity index (χ3v) is 3.84. The molecule has 0 spiro atoms. The molecule has 20 heavy (non-hydrogen) atoms.